The SMILES string of the molecule is CCCCNC(=O)[C@@H](CC)N(Cc1ccc(F)cc1)C(=O)CCCN(c1cc(C)cc(C)c1)S(C)(=O)=O. The zero-order valence-corrected chi connectivity index (χ0v) is 23.4. The van der Waals surface area contributed by atoms with Crippen molar-refractivity contribution in [3.63, 3.8) is 0 Å². The molecule has 37 heavy (non-hydrogen) atoms. The number of anilines is 1. The topological polar surface area (TPSA) is 86.8 Å². The van der Waals surface area contributed by atoms with Crippen molar-refractivity contribution < 1.29 is 22.4 Å². The molecule has 0 heterocycles. The van der Waals surface area contributed by atoms with Gasteiger partial charge >= 0.3 is 0 Å². The van der Waals surface area contributed by atoms with Gasteiger partial charge < -0.3 is 10.2 Å². The molecule has 0 spiro atoms. The summed E-state index contributed by atoms with van der Waals surface area (Å²) in [4.78, 5) is 27.9. The van der Waals surface area contributed by atoms with Crippen LogP contribution in [0.2, 0.25) is 0 Å². The third kappa shape index (κ3) is 9.46. The molecule has 1 atom stereocenters. The van der Waals surface area contributed by atoms with Crippen LogP contribution in [-0.4, -0.2) is 50.5 Å². The van der Waals surface area contributed by atoms with E-state index in [4.69, 9.17) is 0 Å². The predicted molar refractivity (Wildman–Crippen MR) is 146 cm³/mol. The number of rotatable bonds is 14. The standard InChI is InChI=1S/C28H40FN3O4S/c1-6-8-15-30-28(34)26(7-2)31(20-23-11-13-24(29)14-12-23)27(33)10-9-16-32(37(5,35)36)25-18-21(3)17-22(4)19-25/h11-14,17-19,26H,6-10,15-16,20H2,1-5H3,(H,30,34)/t26-/m1/s1. The van der Waals surface area contributed by atoms with Crippen molar-refractivity contribution in [3.05, 3.63) is 65.0 Å². The first-order chi connectivity index (χ1) is 17.5. The van der Waals surface area contributed by atoms with E-state index in [9.17, 15) is 22.4 Å². The molecule has 204 valence electrons. The van der Waals surface area contributed by atoms with Crippen molar-refractivity contribution in [3.8, 4) is 0 Å². The quantitative estimate of drug-likeness (QED) is 0.356. The van der Waals surface area contributed by atoms with E-state index in [1.54, 1.807) is 12.1 Å². The molecule has 1 N–H and O–H groups in total. The summed E-state index contributed by atoms with van der Waals surface area (Å²) in [5.74, 6) is -0.853. The van der Waals surface area contributed by atoms with Gasteiger partial charge in [0.1, 0.15) is 11.9 Å². The summed E-state index contributed by atoms with van der Waals surface area (Å²) in [7, 11) is -3.56. The molecule has 0 aromatic heterocycles. The molecular formula is C28H40FN3O4S. The second-order valence-electron chi connectivity index (χ2n) is 9.50. The molecule has 9 heteroatoms. The number of nitrogens with one attached hydrogen (secondary N) is 1. The number of halogens is 1. The minimum atomic E-state index is -3.56. The van der Waals surface area contributed by atoms with Crippen molar-refractivity contribution in [1.82, 2.24) is 10.2 Å². The number of hydrogen-bond acceptors (Lipinski definition) is 4. The Morgan fingerprint density at radius 3 is 2.16 bits per heavy atom. The normalized spacial score (nSPS) is 12.2. The van der Waals surface area contributed by atoms with E-state index in [0.29, 0.717) is 24.2 Å². The van der Waals surface area contributed by atoms with Gasteiger partial charge in [0.25, 0.3) is 0 Å². The van der Waals surface area contributed by atoms with Gasteiger partial charge in [-0.1, -0.05) is 38.5 Å². The second kappa shape index (κ2) is 14.1. The average molecular weight is 534 g/mol. The molecular weight excluding hydrogens is 493 g/mol. The van der Waals surface area contributed by atoms with Gasteiger partial charge in [-0.15, -0.1) is 0 Å². The van der Waals surface area contributed by atoms with Gasteiger partial charge in [0, 0.05) is 26.1 Å². The molecule has 0 aliphatic heterocycles. The Labute approximate surface area is 221 Å². The summed E-state index contributed by atoms with van der Waals surface area (Å²) < 4.78 is 39.9. The van der Waals surface area contributed by atoms with E-state index in [1.807, 2.05) is 45.9 Å². The molecule has 2 aromatic rings. The van der Waals surface area contributed by atoms with Crippen molar-refractivity contribution >= 4 is 27.5 Å². The molecule has 0 radical (unpaired) electrons. The molecule has 2 aromatic carbocycles. The van der Waals surface area contributed by atoms with Crippen LogP contribution in [0.5, 0.6) is 0 Å². The first kappa shape index (κ1) is 30.3. The summed E-state index contributed by atoms with van der Waals surface area (Å²) >= 11 is 0. The highest BCUT2D eigenvalue weighted by Gasteiger charge is 2.28. The summed E-state index contributed by atoms with van der Waals surface area (Å²) in [6, 6.07) is 10.8. The maximum absolute atomic E-state index is 13.4. The molecule has 0 unspecified atom stereocenters. The summed E-state index contributed by atoms with van der Waals surface area (Å²) in [5, 5.41) is 2.91. The Morgan fingerprint density at radius 1 is 1.00 bits per heavy atom. The number of carbonyl (C=O) groups excluding carboxylic acids is 2. The van der Waals surface area contributed by atoms with E-state index < -0.39 is 16.1 Å². The molecule has 0 aliphatic rings. The third-order valence-corrected chi connectivity index (χ3v) is 7.32. The lowest BCUT2D eigenvalue weighted by molar-refractivity contribution is -0.141. The predicted octanol–water partition coefficient (Wildman–Crippen LogP) is 4.71. The van der Waals surface area contributed by atoms with E-state index in [2.05, 4.69) is 5.32 Å². The van der Waals surface area contributed by atoms with E-state index >= 15 is 0 Å². The molecule has 0 saturated heterocycles. The van der Waals surface area contributed by atoms with E-state index in [1.165, 1.54) is 21.3 Å². The monoisotopic (exact) mass is 533 g/mol. The highest BCUT2D eigenvalue weighted by atomic mass is 32.2. The number of aryl methyl sites for hydroxylation is 2. The molecule has 0 saturated carbocycles. The van der Waals surface area contributed by atoms with Crippen LogP contribution in [0, 0.1) is 19.7 Å². The molecule has 0 fully saturated rings. The van der Waals surface area contributed by atoms with Gasteiger partial charge in [0.15, 0.2) is 0 Å². The van der Waals surface area contributed by atoms with Crippen molar-refractivity contribution in [2.75, 3.05) is 23.7 Å². The minimum Gasteiger partial charge on any atom is -0.354 e. The molecule has 0 aliphatic carbocycles. The number of amides is 2. The second-order valence-corrected chi connectivity index (χ2v) is 11.4. The number of benzene rings is 2. The fourth-order valence-electron chi connectivity index (χ4n) is 4.31. The fraction of sp³-hybridized carbons (Fsp3) is 0.500. The van der Waals surface area contributed by atoms with E-state index in [0.717, 1.165) is 30.2 Å². The third-order valence-electron chi connectivity index (χ3n) is 6.13. The van der Waals surface area contributed by atoms with Crippen LogP contribution in [0.1, 0.15) is 62.6 Å². The Bertz CT molecular complexity index is 1130. The van der Waals surface area contributed by atoms with Crippen LogP contribution in [0.25, 0.3) is 0 Å². The molecule has 0 bridgehead atoms. The highest BCUT2D eigenvalue weighted by Crippen LogP contribution is 2.22. The van der Waals surface area contributed by atoms with Gasteiger partial charge in [-0.25, -0.2) is 12.8 Å². The van der Waals surface area contributed by atoms with Gasteiger partial charge in [-0.2, -0.15) is 0 Å². The molecule has 2 rings (SSSR count). The maximum Gasteiger partial charge on any atom is 0.242 e. The van der Waals surface area contributed by atoms with Crippen molar-refractivity contribution in [2.24, 2.45) is 0 Å². The number of unbranched alkanes of at least 4 members (excludes halogenated alkanes) is 1. The first-order valence-electron chi connectivity index (χ1n) is 12.8. The van der Waals surface area contributed by atoms with Crippen LogP contribution < -0.4 is 9.62 Å². The number of nitrogens with zero attached hydrogens (tertiary/aromatic N) is 2. The Balaban J connectivity index is 2.21. The van der Waals surface area contributed by atoms with Gasteiger partial charge in [0.05, 0.1) is 11.9 Å². The highest BCUT2D eigenvalue weighted by molar-refractivity contribution is 7.92. The van der Waals surface area contributed by atoms with Crippen molar-refractivity contribution in [1.29, 1.82) is 0 Å². The zero-order chi connectivity index (χ0) is 27.6. The van der Waals surface area contributed by atoms with Gasteiger partial charge in [-0.05, 0) is 74.1 Å². The Morgan fingerprint density at radius 2 is 1.62 bits per heavy atom. The van der Waals surface area contributed by atoms with Crippen LogP contribution in [-0.2, 0) is 26.2 Å². The van der Waals surface area contributed by atoms with Crippen molar-refractivity contribution in [2.45, 2.75) is 72.4 Å². The lowest BCUT2D eigenvalue weighted by Crippen LogP contribution is -2.49. The lowest BCUT2D eigenvalue weighted by Gasteiger charge is -2.31. The number of sulfonamides is 1. The minimum absolute atomic E-state index is 0.0662. The van der Waals surface area contributed by atoms with Crippen LogP contribution in [0.3, 0.4) is 0 Å². The molecule has 7 nitrogen and oxygen atoms in total. The Hall–Kier alpha value is -2.94. The first-order valence-corrected chi connectivity index (χ1v) is 14.7. The van der Waals surface area contributed by atoms with Crippen LogP contribution in [0.15, 0.2) is 42.5 Å². The zero-order valence-electron chi connectivity index (χ0n) is 22.6. The average Bonchev–Trinajstić information content (AvgIpc) is 2.81. The molecule has 2 amide bonds. The summed E-state index contributed by atoms with van der Waals surface area (Å²) in [6.45, 7) is 8.52. The van der Waals surface area contributed by atoms with E-state index in [-0.39, 0.29) is 43.6 Å². The van der Waals surface area contributed by atoms with Gasteiger partial charge in [0.2, 0.25) is 21.8 Å². The van der Waals surface area contributed by atoms with Crippen LogP contribution in [0.4, 0.5) is 10.1 Å². The summed E-state index contributed by atoms with van der Waals surface area (Å²) in [6.07, 6.45) is 3.70. The Kier molecular flexibility index (Phi) is 11.6. The number of hydrogen-bond donors (Lipinski definition) is 1. The largest absolute Gasteiger partial charge is 0.354 e. The lowest BCUT2D eigenvalue weighted by atomic mass is 10.1. The smallest absolute Gasteiger partial charge is 0.242 e. The van der Waals surface area contributed by atoms with Crippen LogP contribution >= 0.6 is 0 Å². The number of carbonyl (C=O) groups is 2. The van der Waals surface area contributed by atoms with Gasteiger partial charge in [-0.3, -0.25) is 13.9 Å². The maximum atomic E-state index is 13.4. The summed E-state index contributed by atoms with van der Waals surface area (Å²) in [5.41, 5.74) is 3.18. The fourth-order valence-corrected chi connectivity index (χ4v) is 5.26.